The highest BCUT2D eigenvalue weighted by Crippen LogP contribution is 2.19. The third-order valence-corrected chi connectivity index (χ3v) is 3.76. The van der Waals surface area contributed by atoms with Crippen LogP contribution in [0.5, 0.6) is 0 Å². The quantitative estimate of drug-likeness (QED) is 0.579. The van der Waals surface area contributed by atoms with Gasteiger partial charge in [0.15, 0.2) is 0 Å². The van der Waals surface area contributed by atoms with Crippen LogP contribution >= 0.6 is 11.8 Å². The summed E-state index contributed by atoms with van der Waals surface area (Å²) in [7, 11) is 0. The van der Waals surface area contributed by atoms with Crippen LogP contribution in [-0.4, -0.2) is 38.3 Å². The van der Waals surface area contributed by atoms with Crippen LogP contribution in [0.2, 0.25) is 0 Å². The SMILES string of the molecule is CCCNCCn1nnnc1SCc1ccnc(C#N)c1. The fraction of sp³-hybridized carbons (Fsp3) is 0.462. The lowest BCUT2D eigenvalue weighted by molar-refractivity contribution is 0.510. The zero-order chi connectivity index (χ0) is 14.9. The van der Waals surface area contributed by atoms with Crippen molar-refractivity contribution >= 4 is 11.8 Å². The number of hydrogen-bond donors (Lipinski definition) is 1. The Labute approximate surface area is 127 Å². The highest BCUT2D eigenvalue weighted by molar-refractivity contribution is 7.98. The summed E-state index contributed by atoms with van der Waals surface area (Å²) in [6, 6.07) is 5.71. The van der Waals surface area contributed by atoms with E-state index >= 15 is 0 Å². The number of nitrogens with zero attached hydrogens (tertiary/aromatic N) is 6. The fourth-order valence-corrected chi connectivity index (χ4v) is 2.55. The second kappa shape index (κ2) is 8.34. The minimum absolute atomic E-state index is 0.427. The summed E-state index contributed by atoms with van der Waals surface area (Å²) in [5.74, 6) is 0.708. The summed E-state index contributed by atoms with van der Waals surface area (Å²) in [6.45, 7) is 4.73. The van der Waals surface area contributed by atoms with Gasteiger partial charge in [-0.2, -0.15) is 5.26 Å². The molecule has 0 bridgehead atoms. The third kappa shape index (κ3) is 4.81. The average Bonchev–Trinajstić information content (AvgIpc) is 2.97. The second-order valence-electron chi connectivity index (χ2n) is 4.38. The Balaban J connectivity index is 1.88. The van der Waals surface area contributed by atoms with Crippen molar-refractivity contribution in [3.05, 3.63) is 29.6 Å². The first-order valence-electron chi connectivity index (χ1n) is 6.78. The van der Waals surface area contributed by atoms with Gasteiger partial charge in [-0.15, -0.1) is 5.10 Å². The summed E-state index contributed by atoms with van der Waals surface area (Å²) < 4.78 is 1.79. The Bertz CT molecular complexity index is 605. The molecule has 0 unspecified atom stereocenters. The Morgan fingerprint density at radius 1 is 1.43 bits per heavy atom. The topological polar surface area (TPSA) is 92.3 Å². The molecule has 7 nitrogen and oxygen atoms in total. The maximum absolute atomic E-state index is 8.84. The Morgan fingerprint density at radius 2 is 2.33 bits per heavy atom. The van der Waals surface area contributed by atoms with Crippen LogP contribution in [0.15, 0.2) is 23.5 Å². The molecule has 8 heteroatoms. The average molecular weight is 303 g/mol. The summed E-state index contributed by atoms with van der Waals surface area (Å²) in [5.41, 5.74) is 1.46. The smallest absolute Gasteiger partial charge is 0.209 e. The van der Waals surface area contributed by atoms with Crippen LogP contribution in [0.3, 0.4) is 0 Å². The van der Waals surface area contributed by atoms with Gasteiger partial charge in [-0.05, 0) is 41.1 Å². The zero-order valence-electron chi connectivity index (χ0n) is 11.9. The summed E-state index contributed by atoms with van der Waals surface area (Å²) >= 11 is 1.55. The zero-order valence-corrected chi connectivity index (χ0v) is 12.7. The van der Waals surface area contributed by atoms with Gasteiger partial charge in [0.2, 0.25) is 5.16 Å². The molecule has 0 spiro atoms. The van der Waals surface area contributed by atoms with E-state index in [-0.39, 0.29) is 0 Å². The molecule has 0 amide bonds. The molecule has 2 aromatic rings. The molecule has 2 aromatic heterocycles. The number of hydrogen-bond acceptors (Lipinski definition) is 7. The van der Waals surface area contributed by atoms with Crippen molar-refractivity contribution < 1.29 is 0 Å². The number of aromatic nitrogens is 5. The lowest BCUT2D eigenvalue weighted by Gasteiger charge is -2.05. The van der Waals surface area contributed by atoms with E-state index in [2.05, 4.69) is 32.7 Å². The molecule has 0 aromatic carbocycles. The maximum atomic E-state index is 8.84. The Morgan fingerprint density at radius 3 is 3.14 bits per heavy atom. The van der Waals surface area contributed by atoms with Gasteiger partial charge in [-0.25, -0.2) is 9.67 Å². The van der Waals surface area contributed by atoms with Gasteiger partial charge in [-0.1, -0.05) is 18.7 Å². The number of pyridine rings is 1. The van der Waals surface area contributed by atoms with Gasteiger partial charge < -0.3 is 5.32 Å². The minimum Gasteiger partial charge on any atom is -0.315 e. The fourth-order valence-electron chi connectivity index (χ4n) is 1.70. The van der Waals surface area contributed by atoms with Gasteiger partial charge in [0.25, 0.3) is 0 Å². The number of thioether (sulfide) groups is 1. The standard InChI is InChI=1S/C13H17N7S/c1-2-4-15-6-7-20-13(17-18-19-20)21-10-11-3-5-16-12(8-11)9-14/h3,5,8,15H,2,4,6-7,10H2,1H3. The monoisotopic (exact) mass is 303 g/mol. The first-order chi connectivity index (χ1) is 10.3. The first-order valence-corrected chi connectivity index (χ1v) is 7.76. The Hall–Kier alpha value is -1.98. The van der Waals surface area contributed by atoms with Crippen LogP contribution in [0, 0.1) is 11.3 Å². The third-order valence-electron chi connectivity index (χ3n) is 2.73. The van der Waals surface area contributed by atoms with Crippen molar-refractivity contribution in [2.24, 2.45) is 0 Å². The van der Waals surface area contributed by atoms with Crippen molar-refractivity contribution in [1.29, 1.82) is 5.26 Å². The lowest BCUT2D eigenvalue weighted by atomic mass is 10.2. The van der Waals surface area contributed by atoms with Gasteiger partial charge >= 0.3 is 0 Å². The van der Waals surface area contributed by atoms with Crippen LogP contribution in [0.1, 0.15) is 24.6 Å². The molecular weight excluding hydrogens is 286 g/mol. The highest BCUT2D eigenvalue weighted by Gasteiger charge is 2.07. The molecule has 2 heterocycles. The predicted octanol–water partition coefficient (Wildman–Crippen LogP) is 1.23. The largest absolute Gasteiger partial charge is 0.315 e. The van der Waals surface area contributed by atoms with Crippen molar-refractivity contribution in [2.75, 3.05) is 13.1 Å². The number of nitriles is 1. The maximum Gasteiger partial charge on any atom is 0.209 e. The normalized spacial score (nSPS) is 10.5. The van der Waals surface area contributed by atoms with E-state index in [0.717, 1.165) is 36.8 Å². The van der Waals surface area contributed by atoms with Gasteiger partial charge in [0, 0.05) is 18.5 Å². The summed E-state index contributed by atoms with van der Waals surface area (Å²) in [6.07, 6.45) is 2.76. The molecule has 0 aliphatic rings. The van der Waals surface area contributed by atoms with Gasteiger partial charge in [-0.3, -0.25) is 0 Å². The highest BCUT2D eigenvalue weighted by atomic mass is 32.2. The minimum atomic E-state index is 0.427. The molecule has 110 valence electrons. The van der Waals surface area contributed by atoms with E-state index in [9.17, 15) is 0 Å². The van der Waals surface area contributed by atoms with Crippen LogP contribution < -0.4 is 5.32 Å². The number of tetrazole rings is 1. The van der Waals surface area contributed by atoms with E-state index in [1.165, 1.54) is 0 Å². The van der Waals surface area contributed by atoms with E-state index in [1.807, 2.05) is 12.1 Å². The number of rotatable bonds is 8. The molecule has 0 radical (unpaired) electrons. The molecule has 0 saturated heterocycles. The van der Waals surface area contributed by atoms with Crippen LogP contribution in [0.25, 0.3) is 0 Å². The molecule has 0 fully saturated rings. The van der Waals surface area contributed by atoms with Crippen molar-refractivity contribution in [2.45, 2.75) is 30.8 Å². The molecular formula is C13H17N7S. The van der Waals surface area contributed by atoms with Crippen molar-refractivity contribution in [1.82, 2.24) is 30.5 Å². The van der Waals surface area contributed by atoms with Crippen molar-refractivity contribution in [3.63, 3.8) is 0 Å². The molecule has 0 aliphatic carbocycles. The predicted molar refractivity (Wildman–Crippen MR) is 79.5 cm³/mol. The lowest BCUT2D eigenvalue weighted by Crippen LogP contribution is -2.21. The van der Waals surface area contributed by atoms with Crippen molar-refractivity contribution in [3.8, 4) is 6.07 Å². The van der Waals surface area contributed by atoms with Gasteiger partial charge in [0.1, 0.15) is 11.8 Å². The van der Waals surface area contributed by atoms with Crippen LogP contribution in [-0.2, 0) is 12.3 Å². The summed E-state index contributed by atoms with van der Waals surface area (Å²) in [5, 5.41) is 24.7. The second-order valence-corrected chi connectivity index (χ2v) is 5.33. The molecule has 1 N–H and O–H groups in total. The first kappa shape index (κ1) is 15.4. The Kier molecular flexibility index (Phi) is 6.12. The van der Waals surface area contributed by atoms with E-state index in [1.54, 1.807) is 28.7 Å². The molecule has 2 rings (SSSR count). The summed E-state index contributed by atoms with van der Waals surface area (Å²) in [4.78, 5) is 3.95. The molecule has 0 saturated carbocycles. The van der Waals surface area contributed by atoms with E-state index < -0.39 is 0 Å². The van der Waals surface area contributed by atoms with E-state index in [0.29, 0.717) is 11.4 Å². The van der Waals surface area contributed by atoms with Gasteiger partial charge in [0.05, 0.1) is 6.54 Å². The van der Waals surface area contributed by atoms with Crippen LogP contribution in [0.4, 0.5) is 0 Å². The molecule has 0 atom stereocenters. The number of nitrogens with one attached hydrogen (secondary N) is 1. The molecule has 21 heavy (non-hydrogen) atoms. The van der Waals surface area contributed by atoms with E-state index in [4.69, 9.17) is 5.26 Å². The molecule has 0 aliphatic heterocycles.